The van der Waals surface area contributed by atoms with Crippen molar-refractivity contribution in [2.24, 2.45) is 5.73 Å². The Balaban J connectivity index is 2.07. The Bertz CT molecular complexity index is 586. The zero-order chi connectivity index (χ0) is 15.3. The molecular formula is C16H19FN2OS. The summed E-state index contributed by atoms with van der Waals surface area (Å²) in [7, 11) is 0. The summed E-state index contributed by atoms with van der Waals surface area (Å²) < 4.78 is 13.9. The standard InChI is InChI=1S/C16H19FN2OS/c1-16(7-3-9-21-16)11-19-15(20)13-10-12(4-2-8-18)5-6-14(13)17/h5-6,10H,3,7-9,11,18H2,1H3,(H,19,20). The summed E-state index contributed by atoms with van der Waals surface area (Å²) >= 11 is 1.86. The van der Waals surface area contributed by atoms with Crippen LogP contribution in [0.3, 0.4) is 0 Å². The quantitative estimate of drug-likeness (QED) is 0.841. The van der Waals surface area contributed by atoms with E-state index in [-0.39, 0.29) is 16.9 Å². The van der Waals surface area contributed by atoms with Gasteiger partial charge in [0.2, 0.25) is 0 Å². The number of rotatable bonds is 3. The molecule has 0 bridgehead atoms. The molecule has 1 aliphatic rings. The van der Waals surface area contributed by atoms with Gasteiger partial charge in [-0.2, -0.15) is 11.8 Å². The van der Waals surface area contributed by atoms with Crippen molar-refractivity contribution < 1.29 is 9.18 Å². The van der Waals surface area contributed by atoms with Gasteiger partial charge in [-0.15, -0.1) is 0 Å². The second-order valence-electron chi connectivity index (χ2n) is 5.29. The second kappa shape index (κ2) is 6.97. The van der Waals surface area contributed by atoms with Gasteiger partial charge in [-0.25, -0.2) is 4.39 Å². The van der Waals surface area contributed by atoms with Crippen molar-refractivity contribution >= 4 is 17.7 Å². The van der Waals surface area contributed by atoms with Gasteiger partial charge in [0.1, 0.15) is 5.82 Å². The highest BCUT2D eigenvalue weighted by atomic mass is 32.2. The van der Waals surface area contributed by atoms with Crippen LogP contribution in [0.15, 0.2) is 18.2 Å². The Morgan fingerprint density at radius 2 is 2.38 bits per heavy atom. The summed E-state index contributed by atoms with van der Waals surface area (Å²) in [4.78, 5) is 12.2. The molecular weight excluding hydrogens is 287 g/mol. The molecule has 0 aliphatic carbocycles. The fourth-order valence-corrected chi connectivity index (χ4v) is 3.51. The van der Waals surface area contributed by atoms with E-state index in [0.717, 1.165) is 18.6 Å². The van der Waals surface area contributed by atoms with E-state index in [1.165, 1.54) is 12.1 Å². The number of carbonyl (C=O) groups is 1. The van der Waals surface area contributed by atoms with Gasteiger partial charge in [0.05, 0.1) is 12.1 Å². The second-order valence-corrected chi connectivity index (χ2v) is 6.97. The van der Waals surface area contributed by atoms with Gasteiger partial charge in [-0.1, -0.05) is 11.8 Å². The van der Waals surface area contributed by atoms with Crippen molar-refractivity contribution in [1.82, 2.24) is 5.32 Å². The van der Waals surface area contributed by atoms with Crippen LogP contribution in [0.5, 0.6) is 0 Å². The fraction of sp³-hybridized carbons (Fsp3) is 0.438. The Morgan fingerprint density at radius 3 is 3.05 bits per heavy atom. The molecule has 1 heterocycles. The van der Waals surface area contributed by atoms with Gasteiger partial charge in [-0.05, 0) is 43.7 Å². The van der Waals surface area contributed by atoms with Crippen molar-refractivity contribution in [3.8, 4) is 11.8 Å². The first-order valence-electron chi connectivity index (χ1n) is 6.95. The van der Waals surface area contributed by atoms with Gasteiger partial charge in [0.25, 0.3) is 5.91 Å². The maximum Gasteiger partial charge on any atom is 0.254 e. The number of nitrogens with one attached hydrogen (secondary N) is 1. The van der Waals surface area contributed by atoms with Crippen molar-refractivity contribution in [2.75, 3.05) is 18.8 Å². The number of amides is 1. The lowest BCUT2D eigenvalue weighted by Gasteiger charge is -2.22. The van der Waals surface area contributed by atoms with Gasteiger partial charge in [0, 0.05) is 16.9 Å². The number of nitrogens with two attached hydrogens (primary N) is 1. The predicted molar refractivity (Wildman–Crippen MR) is 84.8 cm³/mol. The molecule has 21 heavy (non-hydrogen) atoms. The van der Waals surface area contributed by atoms with Crippen LogP contribution < -0.4 is 11.1 Å². The largest absolute Gasteiger partial charge is 0.351 e. The molecule has 0 spiro atoms. The van der Waals surface area contributed by atoms with E-state index in [4.69, 9.17) is 5.73 Å². The van der Waals surface area contributed by atoms with Crippen LogP contribution in [0, 0.1) is 17.7 Å². The molecule has 0 aromatic heterocycles. The minimum Gasteiger partial charge on any atom is -0.351 e. The van der Waals surface area contributed by atoms with Crippen molar-refractivity contribution in [3.63, 3.8) is 0 Å². The first kappa shape index (κ1) is 15.9. The average Bonchev–Trinajstić information content (AvgIpc) is 2.91. The smallest absolute Gasteiger partial charge is 0.254 e. The summed E-state index contributed by atoms with van der Waals surface area (Å²) in [5, 5.41) is 2.83. The molecule has 1 unspecified atom stereocenters. The molecule has 3 N–H and O–H groups in total. The Hall–Kier alpha value is -1.51. The minimum absolute atomic E-state index is 0.0328. The lowest BCUT2D eigenvalue weighted by atomic mass is 10.1. The van der Waals surface area contributed by atoms with E-state index in [2.05, 4.69) is 24.1 Å². The van der Waals surface area contributed by atoms with Crippen LogP contribution in [0.2, 0.25) is 0 Å². The van der Waals surface area contributed by atoms with E-state index in [1.807, 2.05) is 11.8 Å². The molecule has 3 nitrogen and oxygen atoms in total. The zero-order valence-electron chi connectivity index (χ0n) is 12.0. The number of benzene rings is 1. The van der Waals surface area contributed by atoms with E-state index >= 15 is 0 Å². The van der Waals surface area contributed by atoms with Crippen molar-refractivity contribution in [2.45, 2.75) is 24.5 Å². The van der Waals surface area contributed by atoms with Crippen molar-refractivity contribution in [1.29, 1.82) is 0 Å². The molecule has 5 heteroatoms. The molecule has 112 valence electrons. The van der Waals surface area contributed by atoms with Crippen LogP contribution in [0.4, 0.5) is 4.39 Å². The third kappa shape index (κ3) is 4.23. The zero-order valence-corrected chi connectivity index (χ0v) is 12.9. The molecule has 0 saturated carbocycles. The number of halogens is 1. The van der Waals surface area contributed by atoms with Crippen LogP contribution in [-0.2, 0) is 0 Å². The molecule has 1 aliphatic heterocycles. The number of hydrogen-bond donors (Lipinski definition) is 2. The van der Waals surface area contributed by atoms with Crippen molar-refractivity contribution in [3.05, 3.63) is 35.1 Å². The number of thioether (sulfide) groups is 1. The molecule has 2 rings (SSSR count). The highest BCUT2D eigenvalue weighted by molar-refractivity contribution is 8.00. The molecule has 0 radical (unpaired) electrons. The van der Waals surface area contributed by atoms with Crippen LogP contribution >= 0.6 is 11.8 Å². The third-order valence-electron chi connectivity index (χ3n) is 3.47. The van der Waals surface area contributed by atoms with Gasteiger partial charge in [0.15, 0.2) is 0 Å². The van der Waals surface area contributed by atoms with Crippen LogP contribution in [0.1, 0.15) is 35.7 Å². The van der Waals surface area contributed by atoms with Crippen LogP contribution in [0.25, 0.3) is 0 Å². The molecule has 1 fully saturated rings. The number of hydrogen-bond acceptors (Lipinski definition) is 3. The normalized spacial score (nSPS) is 20.7. The van der Waals surface area contributed by atoms with Gasteiger partial charge >= 0.3 is 0 Å². The molecule has 1 saturated heterocycles. The first-order valence-corrected chi connectivity index (χ1v) is 7.93. The van der Waals surface area contributed by atoms with E-state index in [1.54, 1.807) is 6.07 Å². The Kier molecular flexibility index (Phi) is 5.27. The SMILES string of the molecule is CC1(CNC(=O)c2cc(C#CCN)ccc2F)CCCS1. The molecule has 1 atom stereocenters. The van der Waals surface area contributed by atoms with Gasteiger partial charge < -0.3 is 11.1 Å². The highest BCUT2D eigenvalue weighted by Gasteiger charge is 2.30. The summed E-state index contributed by atoms with van der Waals surface area (Å²) in [5.41, 5.74) is 5.93. The Labute approximate surface area is 128 Å². The fourth-order valence-electron chi connectivity index (χ4n) is 2.27. The first-order chi connectivity index (χ1) is 10.0. The molecule has 1 amide bonds. The maximum absolute atomic E-state index is 13.8. The lowest BCUT2D eigenvalue weighted by Crippen LogP contribution is -2.37. The Morgan fingerprint density at radius 1 is 1.57 bits per heavy atom. The topological polar surface area (TPSA) is 55.1 Å². The monoisotopic (exact) mass is 306 g/mol. The number of carbonyl (C=O) groups excluding carboxylic acids is 1. The van der Waals surface area contributed by atoms with E-state index in [0.29, 0.717) is 12.1 Å². The third-order valence-corrected chi connectivity index (χ3v) is 5.01. The average molecular weight is 306 g/mol. The summed E-state index contributed by atoms with van der Waals surface area (Å²) in [6.07, 6.45) is 2.23. The van der Waals surface area contributed by atoms with E-state index < -0.39 is 11.7 Å². The molecule has 1 aromatic rings. The molecule has 1 aromatic carbocycles. The maximum atomic E-state index is 13.8. The summed E-state index contributed by atoms with van der Waals surface area (Å²) in [6, 6.07) is 4.28. The summed E-state index contributed by atoms with van der Waals surface area (Å²) in [5.74, 6) is 5.69. The highest BCUT2D eigenvalue weighted by Crippen LogP contribution is 2.37. The van der Waals surface area contributed by atoms with Crippen LogP contribution in [-0.4, -0.2) is 29.5 Å². The lowest BCUT2D eigenvalue weighted by molar-refractivity contribution is 0.0946. The van der Waals surface area contributed by atoms with Gasteiger partial charge in [-0.3, -0.25) is 4.79 Å². The summed E-state index contributed by atoms with van der Waals surface area (Å²) in [6.45, 7) is 2.91. The van der Waals surface area contributed by atoms with E-state index in [9.17, 15) is 9.18 Å². The minimum atomic E-state index is -0.532. The predicted octanol–water partition coefficient (Wildman–Crippen LogP) is 2.15.